The first-order valence-electron chi connectivity index (χ1n) is 6.34. The van der Waals surface area contributed by atoms with Crippen molar-refractivity contribution in [3.63, 3.8) is 0 Å². The van der Waals surface area contributed by atoms with Crippen molar-refractivity contribution in [2.75, 3.05) is 0 Å². The summed E-state index contributed by atoms with van der Waals surface area (Å²) in [4.78, 5) is 19.4. The molecule has 0 aliphatic carbocycles. The third-order valence-electron chi connectivity index (χ3n) is 3.24. The Morgan fingerprint density at radius 2 is 2.05 bits per heavy atom. The van der Waals surface area contributed by atoms with Crippen LogP contribution in [0.25, 0.3) is 11.0 Å². The SMILES string of the molecule is NC(=O)c1cc2ncn(Cc3ccc([B]O)cc3)c2cn1. The number of amides is 1. The molecule has 0 unspecified atom stereocenters. The van der Waals surface area contributed by atoms with Crippen LogP contribution in [0.5, 0.6) is 0 Å². The molecule has 0 saturated heterocycles. The average Bonchev–Trinajstić information content (AvgIpc) is 2.90. The monoisotopic (exact) mass is 279 g/mol. The largest absolute Gasteiger partial charge is 0.450 e. The van der Waals surface area contributed by atoms with Crippen LogP contribution in [0.15, 0.2) is 42.9 Å². The van der Waals surface area contributed by atoms with Gasteiger partial charge in [0.15, 0.2) is 0 Å². The van der Waals surface area contributed by atoms with Crippen LogP contribution in [0.3, 0.4) is 0 Å². The van der Waals surface area contributed by atoms with Gasteiger partial charge in [0.1, 0.15) is 5.69 Å². The first-order valence-corrected chi connectivity index (χ1v) is 6.34. The maximum atomic E-state index is 11.1. The zero-order valence-electron chi connectivity index (χ0n) is 11.1. The lowest BCUT2D eigenvalue weighted by atomic mass is 9.88. The molecule has 2 aromatic heterocycles. The highest BCUT2D eigenvalue weighted by Crippen LogP contribution is 2.14. The van der Waals surface area contributed by atoms with Crippen molar-refractivity contribution >= 4 is 29.9 Å². The lowest BCUT2D eigenvalue weighted by molar-refractivity contribution is 0.0995. The number of rotatable bonds is 4. The molecule has 3 rings (SSSR count). The molecule has 3 aromatic rings. The van der Waals surface area contributed by atoms with Crippen molar-refractivity contribution in [2.24, 2.45) is 5.73 Å². The number of aromatic nitrogens is 3. The third-order valence-corrected chi connectivity index (χ3v) is 3.24. The molecule has 0 aliphatic heterocycles. The van der Waals surface area contributed by atoms with Crippen LogP contribution >= 0.6 is 0 Å². The minimum Gasteiger partial charge on any atom is -0.450 e. The van der Waals surface area contributed by atoms with Crippen LogP contribution in [0.4, 0.5) is 0 Å². The van der Waals surface area contributed by atoms with Gasteiger partial charge in [-0.25, -0.2) is 9.97 Å². The quantitative estimate of drug-likeness (QED) is 0.647. The minimum absolute atomic E-state index is 0.204. The zero-order valence-corrected chi connectivity index (χ0v) is 11.1. The fourth-order valence-electron chi connectivity index (χ4n) is 2.12. The molecule has 103 valence electrons. The van der Waals surface area contributed by atoms with E-state index in [1.165, 1.54) is 0 Å². The summed E-state index contributed by atoms with van der Waals surface area (Å²) in [5, 5.41) is 8.91. The van der Waals surface area contributed by atoms with E-state index >= 15 is 0 Å². The van der Waals surface area contributed by atoms with Crippen molar-refractivity contribution < 1.29 is 9.82 Å². The van der Waals surface area contributed by atoms with Gasteiger partial charge in [-0.1, -0.05) is 29.7 Å². The Morgan fingerprint density at radius 3 is 2.71 bits per heavy atom. The number of carbonyl (C=O) groups is 1. The van der Waals surface area contributed by atoms with E-state index in [4.69, 9.17) is 10.8 Å². The molecule has 1 amide bonds. The number of hydrogen-bond donors (Lipinski definition) is 2. The molecule has 0 fully saturated rings. The normalized spacial score (nSPS) is 10.7. The molecule has 0 aliphatic rings. The summed E-state index contributed by atoms with van der Waals surface area (Å²) in [6.45, 7) is 0.625. The van der Waals surface area contributed by atoms with E-state index in [0.29, 0.717) is 12.1 Å². The number of primary amides is 1. The van der Waals surface area contributed by atoms with Crippen molar-refractivity contribution in [2.45, 2.75) is 6.54 Å². The Hall–Kier alpha value is -2.67. The Bertz CT molecular complexity index is 798. The van der Waals surface area contributed by atoms with Gasteiger partial charge in [0.05, 0.1) is 23.6 Å². The predicted molar refractivity (Wildman–Crippen MR) is 79.2 cm³/mol. The Morgan fingerprint density at radius 1 is 1.29 bits per heavy atom. The van der Waals surface area contributed by atoms with Gasteiger partial charge in [0.25, 0.3) is 5.91 Å². The molecule has 0 spiro atoms. The fourth-order valence-corrected chi connectivity index (χ4v) is 2.12. The topological polar surface area (TPSA) is 94.0 Å². The number of benzene rings is 1. The fraction of sp³-hybridized carbons (Fsp3) is 0.0714. The second-order valence-corrected chi connectivity index (χ2v) is 4.67. The van der Waals surface area contributed by atoms with Crippen LogP contribution < -0.4 is 11.2 Å². The first kappa shape index (κ1) is 13.3. The van der Waals surface area contributed by atoms with E-state index in [1.54, 1.807) is 18.6 Å². The van der Waals surface area contributed by atoms with Crippen molar-refractivity contribution in [1.82, 2.24) is 14.5 Å². The van der Waals surface area contributed by atoms with Crippen LogP contribution in [0, 0.1) is 0 Å². The number of nitrogens with zero attached hydrogens (tertiary/aromatic N) is 3. The number of nitrogens with two attached hydrogens (primary N) is 1. The lowest BCUT2D eigenvalue weighted by Gasteiger charge is -2.05. The van der Waals surface area contributed by atoms with Crippen molar-refractivity contribution in [3.8, 4) is 0 Å². The molecule has 0 atom stereocenters. The van der Waals surface area contributed by atoms with Crippen LogP contribution in [-0.2, 0) is 6.54 Å². The highest BCUT2D eigenvalue weighted by atomic mass is 16.2. The number of hydrogen-bond acceptors (Lipinski definition) is 4. The van der Waals surface area contributed by atoms with Gasteiger partial charge in [-0.3, -0.25) is 4.79 Å². The number of pyridine rings is 1. The second-order valence-electron chi connectivity index (χ2n) is 4.67. The summed E-state index contributed by atoms with van der Waals surface area (Å²) in [5.74, 6) is -0.567. The number of imidazole rings is 1. The van der Waals surface area contributed by atoms with E-state index in [1.807, 2.05) is 28.8 Å². The zero-order chi connectivity index (χ0) is 14.8. The van der Waals surface area contributed by atoms with E-state index in [0.717, 1.165) is 24.0 Å². The maximum absolute atomic E-state index is 11.1. The molecule has 0 bridgehead atoms. The van der Waals surface area contributed by atoms with E-state index in [-0.39, 0.29) is 5.69 Å². The summed E-state index contributed by atoms with van der Waals surface area (Å²) < 4.78 is 1.94. The van der Waals surface area contributed by atoms with Gasteiger partial charge in [-0.15, -0.1) is 0 Å². The highest BCUT2D eigenvalue weighted by Gasteiger charge is 2.08. The molecule has 1 aromatic carbocycles. The Balaban J connectivity index is 1.91. The molecule has 1 radical (unpaired) electrons. The average molecular weight is 279 g/mol. The van der Waals surface area contributed by atoms with Crippen LogP contribution in [0.1, 0.15) is 16.1 Å². The van der Waals surface area contributed by atoms with Gasteiger partial charge in [-0.05, 0) is 11.6 Å². The van der Waals surface area contributed by atoms with Gasteiger partial charge >= 0.3 is 7.48 Å². The van der Waals surface area contributed by atoms with E-state index in [9.17, 15) is 4.79 Å². The Labute approximate surface area is 121 Å². The summed E-state index contributed by atoms with van der Waals surface area (Å²) in [5.41, 5.74) is 8.74. The summed E-state index contributed by atoms with van der Waals surface area (Å²) in [6, 6.07) is 9.10. The van der Waals surface area contributed by atoms with Crippen molar-refractivity contribution in [3.05, 3.63) is 54.1 Å². The molecule has 3 N–H and O–H groups in total. The molecule has 7 heteroatoms. The van der Waals surface area contributed by atoms with E-state index < -0.39 is 5.91 Å². The minimum atomic E-state index is -0.567. The number of carbonyl (C=O) groups excluding carboxylic acids is 1. The smallest absolute Gasteiger partial charge is 0.326 e. The van der Waals surface area contributed by atoms with Gasteiger partial charge in [0.2, 0.25) is 0 Å². The van der Waals surface area contributed by atoms with Gasteiger partial charge in [0, 0.05) is 6.54 Å². The third kappa shape index (κ3) is 2.63. The molecule has 6 nitrogen and oxygen atoms in total. The van der Waals surface area contributed by atoms with Crippen molar-refractivity contribution in [1.29, 1.82) is 0 Å². The van der Waals surface area contributed by atoms with Gasteiger partial charge in [-0.2, -0.15) is 0 Å². The molecule has 0 saturated carbocycles. The van der Waals surface area contributed by atoms with Crippen LogP contribution in [0.2, 0.25) is 0 Å². The van der Waals surface area contributed by atoms with Crippen LogP contribution in [-0.4, -0.2) is 32.9 Å². The second kappa shape index (κ2) is 5.38. The highest BCUT2D eigenvalue weighted by molar-refractivity contribution is 6.45. The molecule has 21 heavy (non-hydrogen) atoms. The standard InChI is InChI=1S/C14H12BN4O2/c16-14(20)12-5-11-13(6-17-12)19(8-18-11)7-9-1-3-10(15-21)4-2-9/h1-6,8,21H,7H2,(H2,16,20). The predicted octanol–water partition coefficient (Wildman–Crippen LogP) is -0.185. The molecular formula is C14H12BN4O2. The molecular weight excluding hydrogens is 267 g/mol. The summed E-state index contributed by atoms with van der Waals surface area (Å²) in [7, 11) is 1.06. The Kier molecular flexibility index (Phi) is 3.41. The first-order chi connectivity index (χ1) is 10.2. The van der Waals surface area contributed by atoms with E-state index in [2.05, 4.69) is 9.97 Å². The maximum Gasteiger partial charge on any atom is 0.326 e. The summed E-state index contributed by atoms with van der Waals surface area (Å²) in [6.07, 6.45) is 3.29. The van der Waals surface area contributed by atoms with Gasteiger partial charge < -0.3 is 15.3 Å². The number of fused-ring (bicyclic) bond motifs is 1. The lowest BCUT2D eigenvalue weighted by Crippen LogP contribution is -2.13. The molecule has 2 heterocycles. The summed E-state index contributed by atoms with van der Waals surface area (Å²) >= 11 is 0.